The number of hydrogen-bond donors (Lipinski definition) is 2. The second kappa shape index (κ2) is 10.7. The Kier molecular flexibility index (Phi) is 7.65. The lowest BCUT2D eigenvalue weighted by molar-refractivity contribution is -0.137. The molecule has 0 radical (unpaired) electrons. The summed E-state index contributed by atoms with van der Waals surface area (Å²) in [7, 11) is 0. The fourth-order valence-electron chi connectivity index (χ4n) is 4.37. The van der Waals surface area contributed by atoms with Gasteiger partial charge in [-0.15, -0.1) is 0 Å². The Morgan fingerprint density at radius 3 is 2.66 bits per heavy atom. The maximum absolute atomic E-state index is 15.4. The third-order valence-corrected chi connectivity index (χ3v) is 6.27. The number of carbonyl (C=O) groups excluding carboxylic acids is 1. The van der Waals surface area contributed by atoms with Crippen LogP contribution in [0.4, 0.5) is 29.2 Å². The number of alkyl halides is 3. The standard InChI is InChI=1S/C22H27F4N7O2.2H2.2H/c23-19-20(29-9-14-3-5-32(6-4-14)11-18(27)34)30-13-31-21(19)33-7-8-35-12-17(33)16-2-1-15(10-28-16)22(24,25)26;;;;/h1-2,10,13-14,17H,3-9,11-12H2,(H2,27,34)(H,29,30,31);2*1H;;/q;;;2*-1/t17-;;;;/m1..../s1. The van der Waals surface area contributed by atoms with Gasteiger partial charge < -0.3 is 23.5 Å². The molecule has 4 heterocycles. The fourth-order valence-corrected chi connectivity index (χ4v) is 4.37. The van der Waals surface area contributed by atoms with Gasteiger partial charge in [-0.2, -0.15) is 17.6 Å². The number of primary amides is 1. The summed E-state index contributed by atoms with van der Waals surface area (Å²) in [6, 6.07) is 1.63. The van der Waals surface area contributed by atoms with Gasteiger partial charge in [0, 0.05) is 22.1 Å². The Labute approximate surface area is 205 Å². The zero-order chi connectivity index (χ0) is 25.0. The van der Waals surface area contributed by atoms with Gasteiger partial charge in [-0.1, -0.05) is 0 Å². The Morgan fingerprint density at radius 2 is 2.00 bits per heavy atom. The number of morpholine rings is 1. The number of nitrogens with one attached hydrogen (secondary N) is 1. The van der Waals surface area contributed by atoms with Crippen LogP contribution in [0.3, 0.4) is 0 Å². The van der Waals surface area contributed by atoms with Gasteiger partial charge in [0.05, 0.1) is 37.1 Å². The average molecular weight is 504 g/mol. The van der Waals surface area contributed by atoms with Gasteiger partial charge in [-0.25, -0.2) is 9.97 Å². The molecule has 9 nitrogen and oxygen atoms in total. The van der Waals surface area contributed by atoms with E-state index in [4.69, 9.17) is 10.5 Å². The molecule has 0 unspecified atom stereocenters. The molecule has 2 aromatic rings. The summed E-state index contributed by atoms with van der Waals surface area (Å²) < 4.78 is 59.6. The highest BCUT2D eigenvalue weighted by molar-refractivity contribution is 5.75. The summed E-state index contributed by atoms with van der Waals surface area (Å²) in [6.07, 6.45) is -0.800. The molecule has 1 amide bonds. The van der Waals surface area contributed by atoms with Crippen LogP contribution >= 0.6 is 0 Å². The van der Waals surface area contributed by atoms with Crippen molar-refractivity contribution in [1.29, 1.82) is 0 Å². The predicted octanol–water partition coefficient (Wildman–Crippen LogP) is 2.93. The van der Waals surface area contributed by atoms with Crippen molar-refractivity contribution in [1.82, 2.24) is 19.9 Å². The molecule has 3 N–H and O–H groups in total. The van der Waals surface area contributed by atoms with Crippen molar-refractivity contribution in [3.05, 3.63) is 41.7 Å². The number of ether oxygens (including phenoxy) is 1. The molecule has 1 atom stereocenters. The maximum atomic E-state index is 15.4. The van der Waals surface area contributed by atoms with Crippen molar-refractivity contribution in [2.75, 3.05) is 56.2 Å². The monoisotopic (exact) mass is 503 g/mol. The van der Waals surface area contributed by atoms with Gasteiger partial charge in [-0.05, 0) is 44.0 Å². The molecule has 2 fully saturated rings. The van der Waals surface area contributed by atoms with E-state index in [9.17, 15) is 18.0 Å². The molecule has 35 heavy (non-hydrogen) atoms. The number of halogens is 4. The number of rotatable bonds is 7. The van der Waals surface area contributed by atoms with Crippen LogP contribution in [0.2, 0.25) is 0 Å². The predicted molar refractivity (Wildman–Crippen MR) is 125 cm³/mol. The van der Waals surface area contributed by atoms with Gasteiger partial charge in [0.25, 0.3) is 0 Å². The summed E-state index contributed by atoms with van der Waals surface area (Å²) in [6.45, 7) is 2.95. The highest BCUT2D eigenvalue weighted by Gasteiger charge is 2.33. The van der Waals surface area contributed by atoms with E-state index in [1.54, 1.807) is 4.90 Å². The second-order valence-corrected chi connectivity index (χ2v) is 8.68. The van der Waals surface area contributed by atoms with E-state index in [1.165, 1.54) is 12.4 Å². The minimum absolute atomic E-state index is 0. The molecule has 2 aliphatic heterocycles. The van der Waals surface area contributed by atoms with Crippen molar-refractivity contribution in [3.8, 4) is 0 Å². The van der Waals surface area contributed by atoms with Crippen molar-refractivity contribution in [2.45, 2.75) is 25.1 Å². The largest absolute Gasteiger partial charge is 1.00 e. The molecule has 2 aliphatic rings. The summed E-state index contributed by atoms with van der Waals surface area (Å²) in [5.41, 5.74) is 4.72. The number of hydrogen-bond acceptors (Lipinski definition) is 8. The number of nitrogens with two attached hydrogens (primary N) is 1. The van der Waals surface area contributed by atoms with Crippen LogP contribution in [-0.2, 0) is 15.7 Å². The van der Waals surface area contributed by atoms with E-state index < -0.39 is 23.6 Å². The smallest absolute Gasteiger partial charge is 0.417 e. The number of amides is 1. The average Bonchev–Trinajstić information content (AvgIpc) is 2.84. The lowest BCUT2D eigenvalue weighted by atomic mass is 9.97. The molecule has 0 saturated carbocycles. The number of pyridine rings is 1. The maximum Gasteiger partial charge on any atom is 0.417 e. The summed E-state index contributed by atoms with van der Waals surface area (Å²) in [5.74, 6) is -0.624. The van der Waals surface area contributed by atoms with Gasteiger partial charge >= 0.3 is 6.18 Å². The van der Waals surface area contributed by atoms with Crippen LogP contribution < -0.4 is 16.0 Å². The number of likely N-dealkylation sites (tertiary alicyclic amines) is 1. The molecule has 4 rings (SSSR count). The first-order chi connectivity index (χ1) is 16.7. The number of nitrogens with zero attached hydrogens (tertiary/aromatic N) is 5. The Balaban J connectivity index is 0.00000361. The van der Waals surface area contributed by atoms with Crippen LogP contribution in [-0.4, -0.2) is 71.7 Å². The molecule has 2 saturated heterocycles. The molecule has 0 aliphatic carbocycles. The topological polar surface area (TPSA) is 110 Å². The fraction of sp³-hybridized carbons (Fsp3) is 0.545. The highest BCUT2D eigenvalue weighted by Crippen LogP contribution is 2.33. The van der Waals surface area contributed by atoms with Gasteiger partial charge in [-0.3, -0.25) is 14.7 Å². The molecular weight excluding hydrogens is 470 g/mol. The number of carbonyl (C=O) groups is 1. The van der Waals surface area contributed by atoms with Crippen LogP contribution in [0, 0.1) is 11.7 Å². The van der Waals surface area contributed by atoms with E-state index in [1.807, 2.05) is 4.90 Å². The third-order valence-electron chi connectivity index (χ3n) is 6.27. The van der Waals surface area contributed by atoms with E-state index in [-0.39, 0.29) is 42.3 Å². The van der Waals surface area contributed by atoms with E-state index in [0.717, 1.165) is 38.2 Å². The highest BCUT2D eigenvalue weighted by atomic mass is 19.4. The summed E-state index contributed by atoms with van der Waals surface area (Å²) >= 11 is 0. The van der Waals surface area contributed by atoms with Crippen LogP contribution in [0.5, 0.6) is 0 Å². The molecule has 0 aromatic carbocycles. The SMILES string of the molecule is NC(=O)CN1CCC(CNc2ncnc(N3CCOC[C@@H]3c3ccc(C(F)(F)F)cn3)c2F)CC1.[H-].[H-].[HH].[HH]. The number of piperidine rings is 1. The zero-order valence-corrected chi connectivity index (χ0v) is 19.0. The molecule has 13 heteroatoms. The Bertz CT molecular complexity index is 1030. The molecule has 0 spiro atoms. The first kappa shape index (κ1) is 25.0. The lowest BCUT2D eigenvalue weighted by Gasteiger charge is -2.36. The van der Waals surface area contributed by atoms with Crippen molar-refractivity contribution in [3.63, 3.8) is 0 Å². The van der Waals surface area contributed by atoms with Crippen LogP contribution in [0.1, 0.15) is 35.8 Å². The van der Waals surface area contributed by atoms with E-state index in [2.05, 4.69) is 20.3 Å². The number of aromatic nitrogens is 3. The first-order valence-electron chi connectivity index (χ1n) is 11.3. The zero-order valence-electron chi connectivity index (χ0n) is 21.0. The summed E-state index contributed by atoms with van der Waals surface area (Å²) in [5, 5.41) is 3.06. The van der Waals surface area contributed by atoms with E-state index in [0.29, 0.717) is 25.4 Å². The first-order valence-corrected chi connectivity index (χ1v) is 11.3. The van der Waals surface area contributed by atoms with Gasteiger partial charge in [0.15, 0.2) is 11.6 Å². The van der Waals surface area contributed by atoms with E-state index >= 15 is 4.39 Å². The molecular formula is C22H33F4N7O2-2. The van der Waals surface area contributed by atoms with Crippen LogP contribution in [0.25, 0.3) is 0 Å². The molecule has 0 bridgehead atoms. The second-order valence-electron chi connectivity index (χ2n) is 8.68. The minimum Gasteiger partial charge on any atom is -1.00 e. The van der Waals surface area contributed by atoms with Gasteiger partial charge in [0.1, 0.15) is 6.33 Å². The Morgan fingerprint density at radius 1 is 1.23 bits per heavy atom. The van der Waals surface area contributed by atoms with Crippen molar-refractivity contribution < 1.29 is 32.8 Å². The van der Waals surface area contributed by atoms with Crippen molar-refractivity contribution in [2.24, 2.45) is 11.7 Å². The molecule has 2 aromatic heterocycles. The minimum atomic E-state index is -4.49. The summed E-state index contributed by atoms with van der Waals surface area (Å²) in [4.78, 5) is 26.8. The number of anilines is 2. The quantitative estimate of drug-likeness (QED) is 0.555. The lowest BCUT2D eigenvalue weighted by Crippen LogP contribution is -2.41. The Hall–Kier alpha value is -3.06. The third kappa shape index (κ3) is 6.14. The van der Waals surface area contributed by atoms with Gasteiger partial charge in [0.2, 0.25) is 11.7 Å². The van der Waals surface area contributed by atoms with Crippen LogP contribution in [0.15, 0.2) is 24.7 Å². The normalized spacial score (nSPS) is 20.1. The van der Waals surface area contributed by atoms with Crippen molar-refractivity contribution >= 4 is 17.5 Å². The molecule has 198 valence electrons.